The predicted octanol–water partition coefficient (Wildman–Crippen LogP) is 4.24. The van der Waals surface area contributed by atoms with Gasteiger partial charge in [-0.25, -0.2) is 0 Å². The standard InChI is InChI=1S/C17H31N2O3P/c1-6-19(17-12-10-16(11-13-17)18(4)5)14-9-15-23(20,21-7-2)22-8-3/h10-13H,6-9,14-15H2,1-5H3. The van der Waals surface area contributed by atoms with Crippen molar-refractivity contribution in [1.82, 2.24) is 0 Å². The van der Waals surface area contributed by atoms with Crippen molar-refractivity contribution in [3.05, 3.63) is 24.3 Å². The van der Waals surface area contributed by atoms with E-state index in [2.05, 4.69) is 41.0 Å². The third kappa shape index (κ3) is 6.54. The SMILES string of the molecule is CCOP(=O)(CCCN(CC)c1ccc(N(C)C)cc1)OCC. The highest BCUT2D eigenvalue weighted by atomic mass is 31.2. The molecule has 0 N–H and O–H groups in total. The van der Waals surface area contributed by atoms with Gasteiger partial charge in [-0.05, 0) is 51.5 Å². The molecule has 0 unspecified atom stereocenters. The number of nitrogens with zero attached hydrogens (tertiary/aromatic N) is 2. The predicted molar refractivity (Wildman–Crippen MR) is 99.0 cm³/mol. The third-order valence-electron chi connectivity index (χ3n) is 3.62. The number of rotatable bonds is 11. The molecule has 6 heteroatoms. The van der Waals surface area contributed by atoms with Crippen LogP contribution in [0.1, 0.15) is 27.2 Å². The van der Waals surface area contributed by atoms with Crippen molar-refractivity contribution in [3.63, 3.8) is 0 Å². The molecule has 0 aliphatic carbocycles. The van der Waals surface area contributed by atoms with Gasteiger partial charge in [-0.2, -0.15) is 0 Å². The first-order chi connectivity index (χ1) is 11.0. The molecule has 0 fully saturated rings. The molecule has 0 spiro atoms. The molecule has 0 aliphatic heterocycles. The summed E-state index contributed by atoms with van der Waals surface area (Å²) in [6.07, 6.45) is 1.24. The van der Waals surface area contributed by atoms with E-state index in [-0.39, 0.29) is 0 Å². The first-order valence-corrected chi connectivity index (χ1v) is 10.1. The second kappa shape index (κ2) is 9.96. The lowest BCUT2D eigenvalue weighted by Crippen LogP contribution is -2.24. The highest BCUT2D eigenvalue weighted by Gasteiger charge is 2.23. The zero-order chi connectivity index (χ0) is 17.3. The summed E-state index contributed by atoms with van der Waals surface area (Å²) in [5.41, 5.74) is 2.36. The van der Waals surface area contributed by atoms with Crippen molar-refractivity contribution in [1.29, 1.82) is 0 Å². The molecule has 23 heavy (non-hydrogen) atoms. The van der Waals surface area contributed by atoms with Crippen molar-refractivity contribution in [2.75, 3.05) is 56.4 Å². The maximum absolute atomic E-state index is 12.5. The largest absolute Gasteiger partial charge is 0.378 e. The van der Waals surface area contributed by atoms with Crippen LogP contribution in [0.25, 0.3) is 0 Å². The average Bonchev–Trinajstić information content (AvgIpc) is 2.52. The smallest absolute Gasteiger partial charge is 0.330 e. The van der Waals surface area contributed by atoms with E-state index in [0.29, 0.717) is 19.4 Å². The van der Waals surface area contributed by atoms with Crippen molar-refractivity contribution in [2.45, 2.75) is 27.2 Å². The monoisotopic (exact) mass is 342 g/mol. The summed E-state index contributed by atoms with van der Waals surface area (Å²) in [5.74, 6) is 0. The lowest BCUT2D eigenvalue weighted by Gasteiger charge is -2.25. The van der Waals surface area contributed by atoms with Crippen LogP contribution in [-0.4, -0.2) is 46.6 Å². The fourth-order valence-corrected chi connectivity index (χ4v) is 4.09. The lowest BCUT2D eigenvalue weighted by atomic mass is 10.2. The van der Waals surface area contributed by atoms with Gasteiger partial charge in [0, 0.05) is 38.6 Å². The van der Waals surface area contributed by atoms with E-state index in [0.717, 1.165) is 19.5 Å². The van der Waals surface area contributed by atoms with Gasteiger partial charge in [0.25, 0.3) is 0 Å². The lowest BCUT2D eigenvalue weighted by molar-refractivity contribution is 0.220. The molecule has 0 heterocycles. The van der Waals surface area contributed by atoms with Crippen LogP contribution in [0.2, 0.25) is 0 Å². The highest BCUT2D eigenvalue weighted by molar-refractivity contribution is 7.53. The minimum atomic E-state index is -2.93. The molecule has 1 aromatic carbocycles. The van der Waals surface area contributed by atoms with Gasteiger partial charge >= 0.3 is 7.60 Å². The zero-order valence-electron chi connectivity index (χ0n) is 15.1. The second-order valence-corrected chi connectivity index (χ2v) is 7.70. The number of anilines is 2. The van der Waals surface area contributed by atoms with Gasteiger partial charge in [0.05, 0.1) is 19.4 Å². The summed E-state index contributed by atoms with van der Waals surface area (Å²) in [7, 11) is 1.13. The minimum Gasteiger partial charge on any atom is -0.378 e. The van der Waals surface area contributed by atoms with E-state index in [4.69, 9.17) is 9.05 Å². The molecular weight excluding hydrogens is 311 g/mol. The molecule has 0 saturated carbocycles. The molecular formula is C17H31N2O3P. The second-order valence-electron chi connectivity index (χ2n) is 5.51. The molecule has 5 nitrogen and oxygen atoms in total. The van der Waals surface area contributed by atoms with E-state index >= 15 is 0 Å². The molecule has 0 aromatic heterocycles. The maximum Gasteiger partial charge on any atom is 0.330 e. The van der Waals surface area contributed by atoms with Crippen LogP contribution < -0.4 is 9.80 Å². The van der Waals surface area contributed by atoms with Crippen molar-refractivity contribution >= 4 is 19.0 Å². The first-order valence-electron chi connectivity index (χ1n) is 8.36. The number of benzene rings is 1. The van der Waals surface area contributed by atoms with Crippen molar-refractivity contribution in [2.24, 2.45) is 0 Å². The fourth-order valence-electron chi connectivity index (χ4n) is 2.45. The van der Waals surface area contributed by atoms with Gasteiger partial charge in [-0.3, -0.25) is 4.57 Å². The Morgan fingerprint density at radius 2 is 1.48 bits per heavy atom. The molecule has 0 radical (unpaired) electrons. The molecule has 0 saturated heterocycles. The molecule has 132 valence electrons. The van der Waals surface area contributed by atoms with Gasteiger partial charge in [0.1, 0.15) is 0 Å². The van der Waals surface area contributed by atoms with Gasteiger partial charge in [0.2, 0.25) is 0 Å². The number of hydrogen-bond donors (Lipinski definition) is 0. The van der Waals surface area contributed by atoms with Crippen molar-refractivity contribution < 1.29 is 13.6 Å². The molecule has 0 atom stereocenters. The van der Waals surface area contributed by atoms with Crippen LogP contribution >= 0.6 is 7.60 Å². The van der Waals surface area contributed by atoms with Gasteiger partial charge in [-0.15, -0.1) is 0 Å². The molecule has 1 rings (SSSR count). The first kappa shape index (κ1) is 20.0. The molecule has 0 bridgehead atoms. The summed E-state index contributed by atoms with van der Waals surface area (Å²) < 4.78 is 23.2. The molecule has 1 aromatic rings. The van der Waals surface area contributed by atoms with E-state index in [1.54, 1.807) is 0 Å². The summed E-state index contributed by atoms with van der Waals surface area (Å²) in [4.78, 5) is 4.36. The Labute approximate surface area is 141 Å². The Morgan fingerprint density at radius 3 is 1.91 bits per heavy atom. The normalized spacial score (nSPS) is 11.5. The summed E-state index contributed by atoms with van der Waals surface area (Å²) in [5, 5.41) is 0. The van der Waals surface area contributed by atoms with Crippen LogP contribution in [0.4, 0.5) is 11.4 Å². The fraction of sp³-hybridized carbons (Fsp3) is 0.647. The number of hydrogen-bond acceptors (Lipinski definition) is 5. The maximum atomic E-state index is 12.5. The van der Waals surface area contributed by atoms with Crippen LogP contribution in [0.15, 0.2) is 24.3 Å². The summed E-state index contributed by atoms with van der Waals surface area (Å²) >= 11 is 0. The molecule has 0 amide bonds. The van der Waals surface area contributed by atoms with E-state index in [1.165, 1.54) is 11.4 Å². The van der Waals surface area contributed by atoms with Gasteiger partial charge in [0.15, 0.2) is 0 Å². The van der Waals surface area contributed by atoms with Crippen molar-refractivity contribution in [3.8, 4) is 0 Å². The third-order valence-corrected chi connectivity index (χ3v) is 5.79. The Bertz CT molecular complexity index is 481. The topological polar surface area (TPSA) is 42.0 Å². The highest BCUT2D eigenvalue weighted by Crippen LogP contribution is 2.48. The van der Waals surface area contributed by atoms with Crippen LogP contribution in [0, 0.1) is 0 Å². The van der Waals surface area contributed by atoms with Gasteiger partial charge in [-0.1, -0.05) is 0 Å². The summed E-state index contributed by atoms with van der Waals surface area (Å²) in [6, 6.07) is 8.49. The van der Waals surface area contributed by atoms with Gasteiger partial charge < -0.3 is 18.8 Å². The van der Waals surface area contributed by atoms with E-state index < -0.39 is 7.60 Å². The van der Waals surface area contributed by atoms with E-state index in [9.17, 15) is 4.57 Å². The Hall–Kier alpha value is -1.03. The van der Waals surface area contributed by atoms with E-state index in [1.807, 2.05) is 27.9 Å². The summed E-state index contributed by atoms with van der Waals surface area (Å²) in [6.45, 7) is 8.40. The minimum absolute atomic E-state index is 0.417. The quantitative estimate of drug-likeness (QED) is 0.563. The average molecular weight is 342 g/mol. The molecule has 0 aliphatic rings. The van der Waals surface area contributed by atoms with Crippen LogP contribution in [0.3, 0.4) is 0 Å². The van der Waals surface area contributed by atoms with Crippen LogP contribution in [-0.2, 0) is 13.6 Å². The zero-order valence-corrected chi connectivity index (χ0v) is 16.0. The Morgan fingerprint density at radius 1 is 0.957 bits per heavy atom. The van der Waals surface area contributed by atoms with Crippen LogP contribution in [0.5, 0.6) is 0 Å². The Balaban J connectivity index is 2.61. The Kier molecular flexibility index (Phi) is 8.67.